The average Bonchev–Trinajstić information content (AvgIpc) is 2.85. The third-order valence-electron chi connectivity index (χ3n) is 5.68. The van der Waals surface area contributed by atoms with E-state index in [2.05, 4.69) is 10.0 Å². The number of amides is 1. The van der Waals surface area contributed by atoms with E-state index >= 15 is 0 Å². The molecule has 12 heteroatoms. The second-order valence-corrected chi connectivity index (χ2v) is 12.5. The van der Waals surface area contributed by atoms with Gasteiger partial charge in [-0.3, -0.25) is 9.10 Å². The van der Waals surface area contributed by atoms with Crippen molar-refractivity contribution in [2.45, 2.75) is 30.6 Å². The average molecular weight is 566 g/mol. The molecule has 9 nitrogen and oxygen atoms in total. The molecule has 3 aromatic carbocycles. The molecule has 1 amide bonds. The predicted molar refractivity (Wildman–Crippen MR) is 145 cm³/mol. The fourth-order valence-electron chi connectivity index (χ4n) is 3.50. The highest BCUT2D eigenvalue weighted by Gasteiger charge is 2.31. The molecule has 0 bridgehead atoms. The van der Waals surface area contributed by atoms with Crippen molar-refractivity contribution in [1.29, 1.82) is 0 Å². The van der Waals surface area contributed by atoms with E-state index in [0.717, 1.165) is 9.87 Å². The fourth-order valence-corrected chi connectivity index (χ4v) is 6.08. The van der Waals surface area contributed by atoms with Crippen LogP contribution in [0, 0.1) is 20.8 Å². The van der Waals surface area contributed by atoms with E-state index in [1.54, 1.807) is 51.1 Å². The molecular formula is C25H28ClN3O6S2. The molecule has 0 saturated heterocycles. The second-order valence-electron chi connectivity index (χ2n) is 8.33. The lowest BCUT2D eigenvalue weighted by molar-refractivity contribution is -0.114. The number of sulfonamides is 2. The third kappa shape index (κ3) is 6.24. The number of hydrogen-bond donors (Lipinski definition) is 2. The van der Waals surface area contributed by atoms with Gasteiger partial charge in [0.1, 0.15) is 17.2 Å². The highest BCUT2D eigenvalue weighted by atomic mass is 35.5. The van der Waals surface area contributed by atoms with Crippen LogP contribution in [0.25, 0.3) is 0 Å². The molecule has 0 radical (unpaired) electrons. The van der Waals surface area contributed by atoms with Crippen LogP contribution in [0.5, 0.6) is 5.75 Å². The lowest BCUT2D eigenvalue weighted by Gasteiger charge is -2.25. The Morgan fingerprint density at radius 3 is 2.24 bits per heavy atom. The van der Waals surface area contributed by atoms with E-state index in [1.165, 1.54) is 38.4 Å². The minimum Gasteiger partial charge on any atom is -0.495 e. The molecule has 0 aliphatic heterocycles. The Kier molecular flexibility index (Phi) is 8.53. The number of carbonyl (C=O) groups is 1. The van der Waals surface area contributed by atoms with Crippen LogP contribution in [-0.4, -0.2) is 43.4 Å². The summed E-state index contributed by atoms with van der Waals surface area (Å²) in [4.78, 5) is 13.0. The summed E-state index contributed by atoms with van der Waals surface area (Å²) in [6, 6.07) is 13.7. The van der Waals surface area contributed by atoms with Gasteiger partial charge in [0.2, 0.25) is 15.9 Å². The van der Waals surface area contributed by atoms with Gasteiger partial charge >= 0.3 is 0 Å². The summed E-state index contributed by atoms with van der Waals surface area (Å²) in [5.41, 5.74) is 2.42. The van der Waals surface area contributed by atoms with Crippen LogP contribution in [-0.2, 0) is 24.8 Å². The number of halogens is 1. The van der Waals surface area contributed by atoms with Crippen molar-refractivity contribution in [1.82, 2.24) is 4.72 Å². The minimum absolute atomic E-state index is 0.0461. The summed E-state index contributed by atoms with van der Waals surface area (Å²) in [5, 5.41) is 2.96. The number of methoxy groups -OCH3 is 1. The first kappa shape index (κ1) is 28.5. The van der Waals surface area contributed by atoms with Crippen LogP contribution < -0.4 is 19.1 Å². The van der Waals surface area contributed by atoms with Gasteiger partial charge in [0.05, 0.1) is 17.7 Å². The molecule has 0 saturated carbocycles. The number of hydrogen-bond acceptors (Lipinski definition) is 6. The maximum Gasteiger partial charge on any atom is 0.268 e. The molecule has 0 fully saturated rings. The summed E-state index contributed by atoms with van der Waals surface area (Å²) in [6.07, 6.45) is 0. The van der Waals surface area contributed by atoms with Crippen molar-refractivity contribution < 1.29 is 26.4 Å². The molecule has 198 valence electrons. The van der Waals surface area contributed by atoms with Crippen molar-refractivity contribution in [3.8, 4) is 5.75 Å². The number of carbonyl (C=O) groups excluding carboxylic acids is 1. The van der Waals surface area contributed by atoms with Crippen LogP contribution in [0.4, 0.5) is 11.4 Å². The van der Waals surface area contributed by atoms with Crippen LogP contribution in [0.1, 0.15) is 16.7 Å². The maximum absolute atomic E-state index is 13.9. The summed E-state index contributed by atoms with van der Waals surface area (Å²) in [7, 11) is -5.41. The lowest BCUT2D eigenvalue weighted by Crippen LogP contribution is -2.38. The van der Waals surface area contributed by atoms with Crippen molar-refractivity contribution >= 4 is 48.9 Å². The zero-order chi connectivity index (χ0) is 27.5. The number of anilines is 2. The van der Waals surface area contributed by atoms with Crippen LogP contribution >= 0.6 is 11.6 Å². The molecule has 3 aromatic rings. The Balaban J connectivity index is 2.06. The van der Waals surface area contributed by atoms with E-state index < -0.39 is 32.5 Å². The lowest BCUT2D eigenvalue weighted by atomic mass is 10.2. The van der Waals surface area contributed by atoms with Crippen molar-refractivity contribution in [2.24, 2.45) is 0 Å². The summed E-state index contributed by atoms with van der Waals surface area (Å²) < 4.78 is 60.6. The van der Waals surface area contributed by atoms with Gasteiger partial charge in [-0.2, -0.15) is 0 Å². The Hall–Kier alpha value is -3.12. The van der Waals surface area contributed by atoms with Crippen LogP contribution in [0.3, 0.4) is 0 Å². The molecule has 2 N–H and O–H groups in total. The number of nitrogens with zero attached hydrogens (tertiary/aromatic N) is 1. The maximum atomic E-state index is 13.9. The molecule has 0 heterocycles. The summed E-state index contributed by atoms with van der Waals surface area (Å²) in [5.74, 6) is -0.566. The SMILES string of the molecule is CNS(=O)(=O)c1ccc(C)c(NC(=O)CN(c2ccc(C)c(Cl)c2)S(=O)(=O)c2cc(C)ccc2OC)c1. The molecule has 0 atom stereocenters. The molecule has 37 heavy (non-hydrogen) atoms. The number of aryl methyl sites for hydroxylation is 3. The Bertz CT molecular complexity index is 1560. The molecule has 0 aliphatic carbocycles. The Morgan fingerprint density at radius 1 is 0.946 bits per heavy atom. The zero-order valence-corrected chi connectivity index (χ0v) is 23.4. The largest absolute Gasteiger partial charge is 0.495 e. The normalized spacial score (nSPS) is 11.7. The quantitative estimate of drug-likeness (QED) is 0.404. The molecule has 0 aliphatic rings. The Labute approximate surface area is 222 Å². The van der Waals surface area contributed by atoms with E-state index in [-0.39, 0.29) is 26.9 Å². The highest BCUT2D eigenvalue weighted by molar-refractivity contribution is 7.93. The number of rotatable bonds is 9. The van der Waals surface area contributed by atoms with E-state index in [1.807, 2.05) is 0 Å². The van der Waals surface area contributed by atoms with E-state index in [4.69, 9.17) is 16.3 Å². The molecule has 3 rings (SSSR count). The summed E-state index contributed by atoms with van der Waals surface area (Å²) in [6.45, 7) is 4.60. The smallest absolute Gasteiger partial charge is 0.268 e. The van der Waals surface area contributed by atoms with Gasteiger partial charge < -0.3 is 10.1 Å². The summed E-state index contributed by atoms with van der Waals surface area (Å²) >= 11 is 6.29. The fraction of sp³-hybridized carbons (Fsp3) is 0.240. The molecule has 0 spiro atoms. The van der Waals surface area contributed by atoms with E-state index in [0.29, 0.717) is 16.1 Å². The highest BCUT2D eigenvalue weighted by Crippen LogP contribution is 2.33. The topological polar surface area (TPSA) is 122 Å². The van der Waals surface area contributed by atoms with E-state index in [9.17, 15) is 21.6 Å². The first-order valence-electron chi connectivity index (χ1n) is 11.1. The van der Waals surface area contributed by atoms with Crippen molar-refractivity contribution in [3.63, 3.8) is 0 Å². The van der Waals surface area contributed by atoms with Gasteiger partial charge in [-0.1, -0.05) is 29.8 Å². The molecular weight excluding hydrogens is 538 g/mol. The van der Waals surface area contributed by atoms with Gasteiger partial charge in [-0.15, -0.1) is 0 Å². The molecule has 0 aromatic heterocycles. The van der Waals surface area contributed by atoms with Gasteiger partial charge in [0, 0.05) is 10.7 Å². The third-order valence-corrected chi connectivity index (χ3v) is 9.29. The standard InChI is InChI=1S/C25H28ClN3O6S2/c1-16-6-11-23(35-5)24(12-16)37(33,34)29(19-9-7-17(2)21(26)13-19)15-25(30)28-22-14-20(10-8-18(22)3)36(31,32)27-4/h6-14,27H,15H2,1-5H3,(H,28,30). The van der Waals surface area contributed by atoms with Gasteiger partial charge in [-0.25, -0.2) is 21.6 Å². The number of nitrogens with one attached hydrogen (secondary N) is 2. The zero-order valence-electron chi connectivity index (χ0n) is 21.0. The van der Waals surface area contributed by atoms with Crippen molar-refractivity contribution in [2.75, 3.05) is 30.3 Å². The second kappa shape index (κ2) is 11.1. The number of benzene rings is 3. The number of ether oxygens (including phenoxy) is 1. The molecule has 0 unspecified atom stereocenters. The predicted octanol–water partition coefficient (Wildman–Crippen LogP) is 4.02. The first-order valence-corrected chi connectivity index (χ1v) is 14.4. The van der Waals surface area contributed by atoms with Crippen LogP contribution in [0.2, 0.25) is 5.02 Å². The van der Waals surface area contributed by atoms with Gasteiger partial charge in [-0.05, 0) is 80.9 Å². The van der Waals surface area contributed by atoms with Gasteiger partial charge in [0.25, 0.3) is 10.0 Å². The van der Waals surface area contributed by atoms with Crippen molar-refractivity contribution in [3.05, 3.63) is 76.3 Å². The van der Waals surface area contributed by atoms with Crippen LogP contribution in [0.15, 0.2) is 64.4 Å². The monoisotopic (exact) mass is 565 g/mol. The Morgan fingerprint density at radius 2 is 1.62 bits per heavy atom. The first-order chi connectivity index (χ1) is 17.3. The minimum atomic E-state index is -4.30. The van der Waals surface area contributed by atoms with Gasteiger partial charge in [0.15, 0.2) is 0 Å².